The van der Waals surface area contributed by atoms with Gasteiger partial charge in [0.25, 0.3) is 5.79 Å². The fraction of sp³-hybridized carbons (Fsp3) is 0.500. The number of carbonyl (C=O) groups excluding carboxylic acids is 1. The summed E-state index contributed by atoms with van der Waals surface area (Å²) in [6.45, 7) is 6.30. The Balaban J connectivity index is 1.92. The van der Waals surface area contributed by atoms with Gasteiger partial charge in [-0.3, -0.25) is 0 Å². The summed E-state index contributed by atoms with van der Waals surface area (Å²) in [6.07, 6.45) is 8.05. The molecule has 30 heavy (non-hydrogen) atoms. The van der Waals surface area contributed by atoms with E-state index in [2.05, 4.69) is 32.0 Å². The van der Waals surface area contributed by atoms with Crippen LogP contribution in [0.15, 0.2) is 24.3 Å². The van der Waals surface area contributed by atoms with E-state index >= 15 is 0 Å². The lowest BCUT2D eigenvalue weighted by molar-refractivity contribution is -0.148. The van der Waals surface area contributed by atoms with Crippen molar-refractivity contribution in [2.45, 2.75) is 84.3 Å². The first-order valence-corrected chi connectivity index (χ1v) is 11.4. The molecule has 1 aliphatic heterocycles. The number of unbranched alkanes of at least 4 members (excludes halogenated alkanes) is 2. The van der Waals surface area contributed by atoms with Gasteiger partial charge < -0.3 is 14.6 Å². The van der Waals surface area contributed by atoms with Crippen molar-refractivity contribution in [2.75, 3.05) is 0 Å². The molecule has 0 unspecified atom stereocenters. The van der Waals surface area contributed by atoms with Crippen molar-refractivity contribution < 1.29 is 19.4 Å². The molecular formula is C26H32O4. The number of ether oxygens (including phenoxy) is 2. The Morgan fingerprint density at radius 3 is 2.47 bits per heavy atom. The summed E-state index contributed by atoms with van der Waals surface area (Å²) in [4.78, 5) is 13.2. The molecular weight excluding hydrogens is 376 g/mol. The lowest BCUT2D eigenvalue weighted by atomic mass is 9.89. The standard InChI is InChI=1S/C26H32O4/c1-4-6-7-10-19-16-21(27)23(20-15-17(3)11-12-18(20)5-2)24-22(19)25(28)30-26(29-24)13-8-9-14-26/h11-12,15-16,27H,4-10,13-14H2,1-3H3. The Bertz CT molecular complexity index is 954. The van der Waals surface area contributed by atoms with Gasteiger partial charge in [-0.2, -0.15) is 0 Å². The van der Waals surface area contributed by atoms with Crippen LogP contribution >= 0.6 is 0 Å². The molecule has 4 nitrogen and oxygen atoms in total. The predicted octanol–water partition coefficient (Wildman–Crippen LogP) is 6.48. The molecule has 1 aliphatic carbocycles. The zero-order valence-electron chi connectivity index (χ0n) is 18.3. The number of benzene rings is 2. The molecule has 0 radical (unpaired) electrons. The first kappa shape index (κ1) is 20.8. The summed E-state index contributed by atoms with van der Waals surface area (Å²) in [5.41, 5.74) is 5.13. The fourth-order valence-electron chi connectivity index (χ4n) is 4.82. The molecule has 0 atom stereocenters. The lowest BCUT2D eigenvalue weighted by Crippen LogP contribution is -2.42. The van der Waals surface area contributed by atoms with Crippen molar-refractivity contribution in [3.05, 3.63) is 46.5 Å². The average molecular weight is 409 g/mol. The van der Waals surface area contributed by atoms with Gasteiger partial charge in [-0.1, -0.05) is 50.5 Å². The van der Waals surface area contributed by atoms with Crippen LogP contribution in [0.5, 0.6) is 11.5 Å². The maximum atomic E-state index is 13.2. The monoisotopic (exact) mass is 408 g/mol. The van der Waals surface area contributed by atoms with E-state index in [0.29, 0.717) is 29.7 Å². The molecule has 0 bridgehead atoms. The van der Waals surface area contributed by atoms with E-state index < -0.39 is 5.79 Å². The Hall–Kier alpha value is -2.49. The molecule has 0 amide bonds. The molecule has 2 aromatic rings. The quantitative estimate of drug-likeness (QED) is 0.439. The maximum Gasteiger partial charge on any atom is 0.345 e. The summed E-state index contributed by atoms with van der Waals surface area (Å²) in [6, 6.07) is 8.01. The number of esters is 1. The number of hydrogen-bond acceptors (Lipinski definition) is 4. The van der Waals surface area contributed by atoms with Crippen LogP contribution < -0.4 is 4.74 Å². The molecule has 160 valence electrons. The van der Waals surface area contributed by atoms with E-state index in [0.717, 1.165) is 67.2 Å². The summed E-state index contributed by atoms with van der Waals surface area (Å²) in [5.74, 6) is -0.497. The second-order valence-corrected chi connectivity index (χ2v) is 8.71. The molecule has 0 saturated heterocycles. The molecule has 1 N–H and O–H groups in total. The maximum absolute atomic E-state index is 13.2. The number of carbonyl (C=O) groups is 1. The van der Waals surface area contributed by atoms with Crippen LogP contribution in [0.1, 0.15) is 85.8 Å². The lowest BCUT2D eigenvalue weighted by Gasteiger charge is -2.36. The number of hydrogen-bond donors (Lipinski definition) is 1. The molecule has 0 aromatic heterocycles. The highest BCUT2D eigenvalue weighted by Crippen LogP contribution is 2.50. The van der Waals surface area contributed by atoms with E-state index in [4.69, 9.17) is 9.47 Å². The number of aryl methyl sites for hydroxylation is 3. The molecule has 1 fully saturated rings. The van der Waals surface area contributed by atoms with Gasteiger partial charge in [-0.15, -0.1) is 0 Å². The number of phenolic OH excluding ortho intramolecular Hbond substituents is 1. The van der Waals surface area contributed by atoms with E-state index in [1.54, 1.807) is 6.07 Å². The van der Waals surface area contributed by atoms with Crippen LogP contribution in [-0.4, -0.2) is 16.9 Å². The minimum Gasteiger partial charge on any atom is -0.507 e. The van der Waals surface area contributed by atoms with Gasteiger partial charge >= 0.3 is 5.97 Å². The number of fused-ring (bicyclic) bond motifs is 1. The molecule has 1 spiro atoms. The second-order valence-electron chi connectivity index (χ2n) is 8.71. The smallest absolute Gasteiger partial charge is 0.345 e. The number of aromatic hydroxyl groups is 1. The normalized spacial score (nSPS) is 17.0. The van der Waals surface area contributed by atoms with Crippen LogP contribution in [0.25, 0.3) is 11.1 Å². The Labute approximate surface area is 179 Å². The SMILES string of the molecule is CCCCCc1cc(O)c(-c2cc(C)ccc2CC)c2c1C(=O)OC1(CCCC1)O2. The van der Waals surface area contributed by atoms with E-state index in [1.165, 1.54) is 0 Å². The Morgan fingerprint density at radius 2 is 1.77 bits per heavy atom. The third-order valence-electron chi connectivity index (χ3n) is 6.44. The third kappa shape index (κ3) is 3.68. The molecule has 2 aliphatic rings. The molecule has 4 rings (SSSR count). The summed E-state index contributed by atoms with van der Waals surface area (Å²) >= 11 is 0. The topological polar surface area (TPSA) is 55.8 Å². The van der Waals surface area contributed by atoms with E-state index in [9.17, 15) is 9.90 Å². The van der Waals surface area contributed by atoms with Gasteiger partial charge in [0.05, 0.1) is 5.56 Å². The second kappa shape index (κ2) is 8.33. The van der Waals surface area contributed by atoms with Crippen molar-refractivity contribution in [1.29, 1.82) is 0 Å². The Kier molecular flexibility index (Phi) is 5.77. The molecule has 4 heteroatoms. The summed E-state index contributed by atoms with van der Waals surface area (Å²) in [5, 5.41) is 11.2. The van der Waals surface area contributed by atoms with Gasteiger partial charge in [0, 0.05) is 12.8 Å². The first-order chi connectivity index (χ1) is 14.5. The van der Waals surface area contributed by atoms with Gasteiger partial charge in [-0.05, 0) is 61.8 Å². The summed E-state index contributed by atoms with van der Waals surface area (Å²) in [7, 11) is 0. The van der Waals surface area contributed by atoms with Crippen LogP contribution in [-0.2, 0) is 17.6 Å². The van der Waals surface area contributed by atoms with Gasteiger partial charge in [0.1, 0.15) is 11.3 Å². The van der Waals surface area contributed by atoms with Gasteiger partial charge in [0.15, 0.2) is 5.75 Å². The molecule has 1 heterocycles. The highest BCUT2D eigenvalue weighted by Gasteiger charge is 2.47. The third-order valence-corrected chi connectivity index (χ3v) is 6.44. The predicted molar refractivity (Wildman–Crippen MR) is 118 cm³/mol. The average Bonchev–Trinajstić information content (AvgIpc) is 3.15. The van der Waals surface area contributed by atoms with Crippen LogP contribution in [0.2, 0.25) is 0 Å². The highest BCUT2D eigenvalue weighted by molar-refractivity contribution is 6.00. The van der Waals surface area contributed by atoms with Gasteiger partial charge in [-0.25, -0.2) is 4.79 Å². The van der Waals surface area contributed by atoms with Crippen molar-refractivity contribution in [3.63, 3.8) is 0 Å². The van der Waals surface area contributed by atoms with Crippen LogP contribution in [0.3, 0.4) is 0 Å². The molecule has 2 aromatic carbocycles. The number of rotatable bonds is 6. The fourth-order valence-corrected chi connectivity index (χ4v) is 4.82. The van der Waals surface area contributed by atoms with E-state index in [-0.39, 0.29) is 11.7 Å². The Morgan fingerprint density at radius 1 is 1.00 bits per heavy atom. The van der Waals surface area contributed by atoms with Crippen LogP contribution in [0, 0.1) is 6.92 Å². The number of phenols is 1. The van der Waals surface area contributed by atoms with Crippen LogP contribution in [0.4, 0.5) is 0 Å². The zero-order chi connectivity index (χ0) is 21.3. The minimum absolute atomic E-state index is 0.184. The van der Waals surface area contributed by atoms with Crippen molar-refractivity contribution in [2.24, 2.45) is 0 Å². The van der Waals surface area contributed by atoms with E-state index in [1.807, 2.05) is 6.92 Å². The van der Waals surface area contributed by atoms with Crippen molar-refractivity contribution in [3.8, 4) is 22.6 Å². The van der Waals surface area contributed by atoms with Crippen molar-refractivity contribution >= 4 is 5.97 Å². The highest BCUT2D eigenvalue weighted by atomic mass is 16.7. The largest absolute Gasteiger partial charge is 0.507 e. The first-order valence-electron chi connectivity index (χ1n) is 11.4. The summed E-state index contributed by atoms with van der Waals surface area (Å²) < 4.78 is 12.4. The zero-order valence-corrected chi connectivity index (χ0v) is 18.3. The minimum atomic E-state index is -0.885. The molecule has 1 saturated carbocycles. The van der Waals surface area contributed by atoms with Gasteiger partial charge in [0.2, 0.25) is 0 Å². The van der Waals surface area contributed by atoms with Crippen molar-refractivity contribution in [1.82, 2.24) is 0 Å².